The Morgan fingerprint density at radius 2 is 1.55 bits per heavy atom. The molecule has 0 unspecified atom stereocenters. The largest absolute Gasteiger partial charge is 0.240 e. The van der Waals surface area contributed by atoms with Gasteiger partial charge in [-0.25, -0.2) is 26.7 Å². The minimum atomic E-state index is -3.86. The molecular weight excluding hydrogens is 348 g/mol. The van der Waals surface area contributed by atoms with Crippen LogP contribution in [0.1, 0.15) is 5.56 Å². The van der Waals surface area contributed by atoms with E-state index in [2.05, 4.69) is 4.72 Å². The normalized spacial score (nSPS) is 12.3. The van der Waals surface area contributed by atoms with Crippen molar-refractivity contribution in [2.75, 3.05) is 0 Å². The first kappa shape index (κ1) is 16.9. The van der Waals surface area contributed by atoms with Crippen LogP contribution < -0.4 is 9.86 Å². The molecule has 0 saturated heterocycles. The van der Waals surface area contributed by atoms with Gasteiger partial charge in [-0.05, 0) is 42.0 Å². The van der Waals surface area contributed by atoms with Crippen LogP contribution in [-0.2, 0) is 26.6 Å². The molecule has 0 spiro atoms. The van der Waals surface area contributed by atoms with Gasteiger partial charge in [-0.3, -0.25) is 0 Å². The number of halogens is 1. The predicted molar refractivity (Wildman–Crippen MR) is 83.3 cm³/mol. The smallest absolute Gasteiger partial charge is 0.225 e. The van der Waals surface area contributed by atoms with Gasteiger partial charge in [-0.15, -0.1) is 0 Å². The van der Waals surface area contributed by atoms with Crippen molar-refractivity contribution in [2.24, 2.45) is 5.14 Å². The molecule has 2 aromatic rings. The minimum Gasteiger partial charge on any atom is -0.225 e. The van der Waals surface area contributed by atoms with Gasteiger partial charge in [0, 0.05) is 11.6 Å². The van der Waals surface area contributed by atoms with Crippen molar-refractivity contribution >= 4 is 31.6 Å². The van der Waals surface area contributed by atoms with Crippen molar-refractivity contribution in [2.45, 2.75) is 16.3 Å². The number of nitrogens with one attached hydrogen (secondary N) is 1. The Morgan fingerprint density at radius 1 is 0.955 bits per heavy atom. The molecule has 0 heterocycles. The second kappa shape index (κ2) is 6.35. The molecule has 9 heteroatoms. The van der Waals surface area contributed by atoms with E-state index in [1.165, 1.54) is 12.1 Å². The molecule has 0 saturated carbocycles. The van der Waals surface area contributed by atoms with E-state index in [1.807, 2.05) is 0 Å². The lowest BCUT2D eigenvalue weighted by atomic mass is 10.2. The fourth-order valence-electron chi connectivity index (χ4n) is 1.72. The standard InChI is InChI=1S/C13H13ClN2O4S2/c14-11-3-1-2-10(8-11)9-16-22(19,20)13-6-4-12(5-7-13)21(15,17)18/h1-8,16H,9H2,(H2,15,17,18). The topological polar surface area (TPSA) is 106 Å². The molecule has 6 nitrogen and oxygen atoms in total. The number of nitrogens with two attached hydrogens (primary N) is 1. The molecule has 0 bridgehead atoms. The highest BCUT2D eigenvalue weighted by atomic mass is 35.5. The predicted octanol–water partition coefficient (Wildman–Crippen LogP) is 1.47. The highest BCUT2D eigenvalue weighted by Crippen LogP contribution is 2.15. The van der Waals surface area contributed by atoms with Gasteiger partial charge in [0.05, 0.1) is 9.79 Å². The quantitative estimate of drug-likeness (QED) is 0.841. The molecule has 0 aliphatic carbocycles. The number of sulfonamides is 2. The molecule has 0 radical (unpaired) electrons. The Labute approximate surface area is 134 Å². The Kier molecular flexibility index (Phi) is 4.88. The summed E-state index contributed by atoms with van der Waals surface area (Å²) in [5.41, 5.74) is 0.706. The van der Waals surface area contributed by atoms with Gasteiger partial charge in [0.1, 0.15) is 0 Å². The molecule has 0 atom stereocenters. The summed E-state index contributed by atoms with van der Waals surface area (Å²) in [6, 6.07) is 11.4. The van der Waals surface area contributed by atoms with Crippen molar-refractivity contribution in [3.8, 4) is 0 Å². The van der Waals surface area contributed by atoms with E-state index >= 15 is 0 Å². The van der Waals surface area contributed by atoms with Gasteiger partial charge >= 0.3 is 0 Å². The van der Waals surface area contributed by atoms with Crippen molar-refractivity contribution in [1.29, 1.82) is 0 Å². The summed E-state index contributed by atoms with van der Waals surface area (Å²) in [6.45, 7) is 0.0693. The van der Waals surface area contributed by atoms with Crippen molar-refractivity contribution in [1.82, 2.24) is 4.72 Å². The number of primary sulfonamides is 1. The van der Waals surface area contributed by atoms with E-state index in [-0.39, 0.29) is 16.3 Å². The van der Waals surface area contributed by atoms with Crippen LogP contribution in [0.3, 0.4) is 0 Å². The first-order valence-electron chi connectivity index (χ1n) is 6.05. The highest BCUT2D eigenvalue weighted by molar-refractivity contribution is 7.89. The second-order valence-corrected chi connectivity index (χ2v) is 8.24. The highest BCUT2D eigenvalue weighted by Gasteiger charge is 2.15. The molecule has 0 aliphatic heterocycles. The number of hydrogen-bond donors (Lipinski definition) is 2. The molecular formula is C13H13ClN2O4S2. The van der Waals surface area contributed by atoms with Gasteiger partial charge < -0.3 is 0 Å². The second-order valence-electron chi connectivity index (χ2n) is 4.47. The molecule has 2 rings (SSSR count). The van der Waals surface area contributed by atoms with Crippen LogP contribution in [0.2, 0.25) is 5.02 Å². The lowest BCUT2D eigenvalue weighted by Crippen LogP contribution is -2.23. The van der Waals surface area contributed by atoms with Gasteiger partial charge in [-0.2, -0.15) is 0 Å². The number of hydrogen-bond acceptors (Lipinski definition) is 4. The van der Waals surface area contributed by atoms with Crippen LogP contribution in [-0.4, -0.2) is 16.8 Å². The first-order valence-corrected chi connectivity index (χ1v) is 9.46. The van der Waals surface area contributed by atoms with Crippen LogP contribution in [0.25, 0.3) is 0 Å². The lowest BCUT2D eigenvalue weighted by molar-refractivity contribution is 0.580. The van der Waals surface area contributed by atoms with E-state index in [0.717, 1.165) is 12.1 Å². The summed E-state index contributed by atoms with van der Waals surface area (Å²) in [4.78, 5) is -0.205. The lowest BCUT2D eigenvalue weighted by Gasteiger charge is -2.08. The van der Waals surface area contributed by atoms with Gasteiger partial charge in [-0.1, -0.05) is 23.7 Å². The fraction of sp³-hybridized carbons (Fsp3) is 0.0769. The summed E-state index contributed by atoms with van der Waals surface area (Å²) in [5.74, 6) is 0. The third kappa shape index (κ3) is 4.28. The van der Waals surface area contributed by atoms with Crippen molar-refractivity contribution in [3.05, 3.63) is 59.1 Å². The van der Waals surface area contributed by atoms with Crippen molar-refractivity contribution < 1.29 is 16.8 Å². The monoisotopic (exact) mass is 360 g/mol. The Balaban J connectivity index is 2.17. The van der Waals surface area contributed by atoms with Crippen LogP contribution in [0.5, 0.6) is 0 Å². The van der Waals surface area contributed by atoms with Crippen molar-refractivity contribution in [3.63, 3.8) is 0 Å². The summed E-state index contributed by atoms with van der Waals surface area (Å²) >= 11 is 5.83. The van der Waals surface area contributed by atoms with Crippen LogP contribution in [0.15, 0.2) is 58.3 Å². The van der Waals surface area contributed by atoms with Gasteiger partial charge in [0.25, 0.3) is 0 Å². The summed E-state index contributed by atoms with van der Waals surface area (Å²) in [6.07, 6.45) is 0. The van der Waals surface area contributed by atoms with Gasteiger partial charge in [0.15, 0.2) is 0 Å². The molecule has 0 fully saturated rings. The van der Waals surface area contributed by atoms with Gasteiger partial charge in [0.2, 0.25) is 20.0 Å². The zero-order valence-corrected chi connectivity index (χ0v) is 13.6. The zero-order chi connectivity index (χ0) is 16.4. The SMILES string of the molecule is NS(=O)(=O)c1ccc(S(=O)(=O)NCc2cccc(Cl)c2)cc1. The van der Waals surface area contributed by atoms with Crippen LogP contribution in [0.4, 0.5) is 0 Å². The molecule has 22 heavy (non-hydrogen) atoms. The third-order valence-corrected chi connectivity index (χ3v) is 5.40. The minimum absolute atomic E-state index is 0.0538. The van der Waals surface area contributed by atoms with E-state index in [0.29, 0.717) is 10.6 Å². The van der Waals surface area contributed by atoms with E-state index in [4.69, 9.17) is 16.7 Å². The maximum atomic E-state index is 12.1. The summed E-state index contributed by atoms with van der Waals surface area (Å²) in [5, 5.41) is 5.47. The molecule has 3 N–H and O–H groups in total. The Morgan fingerprint density at radius 3 is 2.09 bits per heavy atom. The number of benzene rings is 2. The molecule has 0 aromatic heterocycles. The molecule has 2 aromatic carbocycles. The molecule has 0 amide bonds. The van der Waals surface area contributed by atoms with Crippen LogP contribution >= 0.6 is 11.6 Å². The van der Waals surface area contributed by atoms with E-state index in [1.54, 1.807) is 24.3 Å². The zero-order valence-electron chi connectivity index (χ0n) is 11.2. The van der Waals surface area contributed by atoms with E-state index in [9.17, 15) is 16.8 Å². The summed E-state index contributed by atoms with van der Waals surface area (Å²) < 4.78 is 48.9. The Hall–Kier alpha value is -1.45. The molecule has 0 aliphatic rings. The average Bonchev–Trinajstić information content (AvgIpc) is 2.45. The summed E-state index contributed by atoms with van der Waals surface area (Å²) in [7, 11) is -7.62. The van der Waals surface area contributed by atoms with Crippen LogP contribution in [0, 0.1) is 0 Å². The number of rotatable bonds is 5. The first-order chi connectivity index (χ1) is 10.2. The Bertz CT molecular complexity index is 879. The third-order valence-electron chi connectivity index (χ3n) is 2.82. The maximum Gasteiger partial charge on any atom is 0.240 e. The molecule has 118 valence electrons. The fourth-order valence-corrected chi connectivity index (χ4v) is 3.46. The average molecular weight is 361 g/mol. The van der Waals surface area contributed by atoms with E-state index < -0.39 is 20.0 Å². The maximum absolute atomic E-state index is 12.1.